The molecular weight excluding hydrogens is 230 g/mol. The van der Waals surface area contributed by atoms with Gasteiger partial charge in [-0.3, -0.25) is 0 Å². The Morgan fingerprint density at radius 1 is 1.47 bits per heavy atom. The molecule has 1 aliphatic rings. The monoisotopic (exact) mass is 250 g/mol. The number of carbonyl (C=O) groups excluding carboxylic acids is 1. The highest BCUT2D eigenvalue weighted by Gasteiger charge is 2.43. The van der Waals surface area contributed by atoms with E-state index >= 15 is 0 Å². The van der Waals surface area contributed by atoms with E-state index in [4.69, 9.17) is 10.5 Å². The van der Waals surface area contributed by atoms with Crippen LogP contribution in [0.15, 0.2) is 0 Å². The number of amides is 1. The van der Waals surface area contributed by atoms with Crippen LogP contribution in [0.2, 0.25) is 0 Å². The van der Waals surface area contributed by atoms with E-state index in [2.05, 4.69) is 0 Å². The second-order valence-corrected chi connectivity index (χ2v) is 5.38. The van der Waals surface area contributed by atoms with Crippen LogP contribution in [0.5, 0.6) is 0 Å². The summed E-state index contributed by atoms with van der Waals surface area (Å²) in [4.78, 5) is 13.0. The third-order valence-corrected chi connectivity index (χ3v) is 2.71. The van der Waals surface area contributed by atoms with Crippen molar-refractivity contribution in [3.8, 4) is 0 Å². The van der Waals surface area contributed by atoms with E-state index in [0.717, 1.165) is 0 Å². The molecule has 0 aromatic heterocycles. The van der Waals surface area contributed by atoms with Gasteiger partial charge in [0, 0.05) is 19.0 Å². The lowest BCUT2D eigenvalue weighted by Gasteiger charge is -2.25. The minimum absolute atomic E-state index is 0.0130. The van der Waals surface area contributed by atoms with Crippen molar-refractivity contribution in [2.24, 2.45) is 11.7 Å². The van der Waals surface area contributed by atoms with Crippen molar-refractivity contribution in [2.75, 3.05) is 19.6 Å². The molecule has 6 heteroatoms. The fraction of sp³-hybridized carbons (Fsp3) is 0.909. The molecule has 1 amide bonds. The Morgan fingerprint density at radius 2 is 2.06 bits per heavy atom. The van der Waals surface area contributed by atoms with Crippen LogP contribution in [-0.4, -0.2) is 42.2 Å². The molecule has 1 aliphatic heterocycles. The molecule has 1 saturated heterocycles. The Kier molecular flexibility index (Phi) is 3.96. The minimum Gasteiger partial charge on any atom is -0.444 e. The molecule has 1 unspecified atom stereocenters. The van der Waals surface area contributed by atoms with Gasteiger partial charge in [0.2, 0.25) is 0 Å². The van der Waals surface area contributed by atoms with Gasteiger partial charge >= 0.3 is 6.09 Å². The molecule has 17 heavy (non-hydrogen) atoms. The smallest absolute Gasteiger partial charge is 0.410 e. The molecule has 100 valence electrons. The summed E-state index contributed by atoms with van der Waals surface area (Å²) in [6.45, 7) is 4.86. The molecule has 0 aromatic rings. The van der Waals surface area contributed by atoms with Crippen molar-refractivity contribution in [3.05, 3.63) is 0 Å². The molecule has 0 spiro atoms. The summed E-state index contributed by atoms with van der Waals surface area (Å²) in [6, 6.07) is 0. The maximum Gasteiger partial charge on any atom is 0.410 e. The Hall–Kier alpha value is -0.910. The van der Waals surface area contributed by atoms with E-state index in [0.29, 0.717) is 6.54 Å². The van der Waals surface area contributed by atoms with Crippen LogP contribution in [-0.2, 0) is 4.74 Å². The number of nitrogens with zero attached hydrogens (tertiary/aromatic N) is 1. The van der Waals surface area contributed by atoms with E-state index in [9.17, 15) is 13.6 Å². The minimum atomic E-state index is -2.91. The summed E-state index contributed by atoms with van der Waals surface area (Å²) >= 11 is 0. The molecule has 4 nitrogen and oxygen atoms in total. The molecule has 1 rings (SSSR count). The number of carbonyl (C=O) groups is 1. The molecule has 0 aromatic carbocycles. The number of ether oxygens (including phenoxy) is 1. The fourth-order valence-corrected chi connectivity index (χ4v) is 1.76. The van der Waals surface area contributed by atoms with E-state index in [1.165, 1.54) is 4.90 Å². The summed E-state index contributed by atoms with van der Waals surface area (Å²) in [6.07, 6.45) is -0.267. The van der Waals surface area contributed by atoms with Gasteiger partial charge in [-0.25, -0.2) is 13.6 Å². The second-order valence-electron chi connectivity index (χ2n) is 5.38. The Bertz CT molecular complexity index is 290. The van der Waals surface area contributed by atoms with Gasteiger partial charge in [0.05, 0.1) is 6.54 Å². The van der Waals surface area contributed by atoms with E-state index < -0.39 is 30.1 Å². The quantitative estimate of drug-likeness (QED) is 0.813. The van der Waals surface area contributed by atoms with Crippen molar-refractivity contribution in [1.29, 1.82) is 0 Å². The lowest BCUT2D eigenvalue weighted by Crippen LogP contribution is -2.40. The molecule has 1 heterocycles. The maximum absolute atomic E-state index is 13.3. The van der Waals surface area contributed by atoms with Crippen molar-refractivity contribution in [2.45, 2.75) is 38.7 Å². The Labute approximate surface area is 100 Å². The summed E-state index contributed by atoms with van der Waals surface area (Å²) in [5.41, 5.74) is 4.42. The number of alkyl halides is 2. The average Bonchev–Trinajstić information content (AvgIpc) is 2.64. The SMILES string of the molecule is CC(C)(C)OC(=O)N1CCC(C(F)(F)CN)C1. The third-order valence-electron chi connectivity index (χ3n) is 2.71. The predicted molar refractivity (Wildman–Crippen MR) is 59.9 cm³/mol. The highest BCUT2D eigenvalue weighted by Crippen LogP contribution is 2.32. The molecule has 0 aliphatic carbocycles. The second kappa shape index (κ2) is 4.76. The molecule has 1 fully saturated rings. The van der Waals surface area contributed by atoms with Gasteiger partial charge in [0.25, 0.3) is 5.92 Å². The average molecular weight is 250 g/mol. The number of likely N-dealkylation sites (tertiary alicyclic amines) is 1. The molecule has 0 radical (unpaired) electrons. The predicted octanol–water partition coefficient (Wildman–Crippen LogP) is 1.84. The van der Waals surface area contributed by atoms with Crippen LogP contribution >= 0.6 is 0 Å². The van der Waals surface area contributed by atoms with E-state index in [-0.39, 0.29) is 13.0 Å². The topological polar surface area (TPSA) is 55.6 Å². The lowest BCUT2D eigenvalue weighted by atomic mass is 10.0. The first-order chi connectivity index (χ1) is 7.65. The molecule has 0 saturated carbocycles. The normalized spacial score (nSPS) is 21.8. The summed E-state index contributed by atoms with van der Waals surface area (Å²) in [5.74, 6) is -3.77. The van der Waals surface area contributed by atoms with E-state index in [1.807, 2.05) is 0 Å². The summed E-state index contributed by atoms with van der Waals surface area (Å²) < 4.78 is 31.8. The van der Waals surface area contributed by atoms with Gasteiger partial charge in [-0.05, 0) is 27.2 Å². The van der Waals surface area contributed by atoms with Crippen LogP contribution in [0.4, 0.5) is 13.6 Å². The number of nitrogens with two attached hydrogens (primary N) is 1. The number of hydrogen-bond donors (Lipinski definition) is 1. The standard InChI is InChI=1S/C11H20F2N2O2/c1-10(2,3)17-9(16)15-5-4-8(6-15)11(12,13)7-14/h8H,4-7,14H2,1-3H3. The van der Waals surface area contributed by atoms with Gasteiger partial charge in [0.15, 0.2) is 0 Å². The highest BCUT2D eigenvalue weighted by atomic mass is 19.3. The van der Waals surface area contributed by atoms with Crippen molar-refractivity contribution < 1.29 is 18.3 Å². The lowest BCUT2D eigenvalue weighted by molar-refractivity contribution is -0.0452. The highest BCUT2D eigenvalue weighted by molar-refractivity contribution is 5.68. The van der Waals surface area contributed by atoms with Crippen LogP contribution in [0.1, 0.15) is 27.2 Å². The third kappa shape index (κ3) is 3.80. The van der Waals surface area contributed by atoms with Crippen molar-refractivity contribution in [3.63, 3.8) is 0 Å². The van der Waals surface area contributed by atoms with Gasteiger partial charge in [-0.2, -0.15) is 0 Å². The van der Waals surface area contributed by atoms with Crippen molar-refractivity contribution in [1.82, 2.24) is 4.90 Å². The number of rotatable bonds is 2. The van der Waals surface area contributed by atoms with Crippen LogP contribution in [0.25, 0.3) is 0 Å². The van der Waals surface area contributed by atoms with Gasteiger partial charge in [0.1, 0.15) is 5.60 Å². The van der Waals surface area contributed by atoms with Crippen LogP contribution in [0.3, 0.4) is 0 Å². The first kappa shape index (κ1) is 14.2. The maximum atomic E-state index is 13.3. The molecule has 2 N–H and O–H groups in total. The first-order valence-electron chi connectivity index (χ1n) is 5.71. The first-order valence-corrected chi connectivity index (χ1v) is 5.71. The molecular formula is C11H20F2N2O2. The molecule has 1 atom stereocenters. The van der Waals surface area contributed by atoms with Gasteiger partial charge in [-0.15, -0.1) is 0 Å². The van der Waals surface area contributed by atoms with Crippen LogP contribution in [0, 0.1) is 5.92 Å². The van der Waals surface area contributed by atoms with Gasteiger partial charge < -0.3 is 15.4 Å². The zero-order valence-corrected chi connectivity index (χ0v) is 10.5. The summed E-state index contributed by atoms with van der Waals surface area (Å²) in [7, 11) is 0. The fourth-order valence-electron chi connectivity index (χ4n) is 1.76. The summed E-state index contributed by atoms with van der Waals surface area (Å²) in [5, 5.41) is 0. The van der Waals surface area contributed by atoms with Gasteiger partial charge in [-0.1, -0.05) is 0 Å². The Balaban J connectivity index is 2.54. The van der Waals surface area contributed by atoms with Crippen LogP contribution < -0.4 is 5.73 Å². The Morgan fingerprint density at radius 3 is 2.53 bits per heavy atom. The molecule has 0 bridgehead atoms. The zero-order valence-electron chi connectivity index (χ0n) is 10.5. The zero-order chi connectivity index (χ0) is 13.3. The van der Waals surface area contributed by atoms with Crippen molar-refractivity contribution >= 4 is 6.09 Å². The number of halogens is 2. The number of hydrogen-bond acceptors (Lipinski definition) is 3. The van der Waals surface area contributed by atoms with E-state index in [1.54, 1.807) is 20.8 Å². The largest absolute Gasteiger partial charge is 0.444 e.